The minimum Gasteiger partial charge on any atom is -0.354 e. The van der Waals surface area contributed by atoms with Crippen LogP contribution in [0.25, 0.3) is 71.1 Å². The van der Waals surface area contributed by atoms with Crippen LogP contribution in [-0.4, -0.2) is 19.5 Å². The van der Waals surface area contributed by atoms with Crippen molar-refractivity contribution in [1.82, 2.24) is 19.5 Å². The summed E-state index contributed by atoms with van der Waals surface area (Å²) in [5.41, 5.74) is 8.52. The molecule has 4 heterocycles. The van der Waals surface area contributed by atoms with E-state index >= 15 is 0 Å². The zero-order valence-electron chi connectivity index (χ0n) is 19.4. The molecule has 0 aliphatic heterocycles. The van der Waals surface area contributed by atoms with Gasteiger partial charge in [0.1, 0.15) is 0 Å². The third-order valence-electron chi connectivity index (χ3n) is 7.38. The number of rotatable bonds is 1. The number of fused-ring (bicyclic) bond motifs is 9. The van der Waals surface area contributed by atoms with E-state index in [4.69, 9.17) is 0 Å². The molecule has 0 amide bonds. The van der Waals surface area contributed by atoms with E-state index in [2.05, 4.69) is 55.9 Å². The Morgan fingerprint density at radius 3 is 1.51 bits per heavy atom. The summed E-state index contributed by atoms with van der Waals surface area (Å²) in [4.78, 5) is 11.3. The van der Waals surface area contributed by atoms with E-state index in [1.807, 2.05) is 48.5 Å². The maximum Gasteiger partial charge on any atom is 0.0991 e. The van der Waals surface area contributed by atoms with E-state index in [9.17, 15) is 10.5 Å². The molecule has 0 aliphatic carbocycles. The fraction of sp³-hybridized carbons (Fsp3) is 0. The monoisotopic (exact) mass is 472 g/mol. The van der Waals surface area contributed by atoms with Gasteiger partial charge in [0.25, 0.3) is 0 Å². The maximum absolute atomic E-state index is 9.46. The van der Waals surface area contributed by atoms with E-state index in [1.165, 1.54) is 0 Å². The lowest BCUT2D eigenvalue weighted by Gasteiger charge is -2.07. The lowest BCUT2D eigenvalue weighted by Crippen LogP contribution is -1.93. The Morgan fingerprint density at radius 1 is 0.541 bits per heavy atom. The van der Waals surface area contributed by atoms with Crippen LogP contribution in [0.5, 0.6) is 0 Å². The number of aromatic amines is 2. The summed E-state index contributed by atoms with van der Waals surface area (Å²) in [7, 11) is 0. The van der Waals surface area contributed by atoms with Crippen molar-refractivity contribution in [3.8, 4) is 17.8 Å². The van der Waals surface area contributed by atoms with Gasteiger partial charge in [0.15, 0.2) is 0 Å². The third-order valence-corrected chi connectivity index (χ3v) is 7.38. The molecule has 0 bridgehead atoms. The number of benzene rings is 4. The molecule has 0 radical (unpaired) electrons. The Labute approximate surface area is 209 Å². The van der Waals surface area contributed by atoms with Crippen LogP contribution in [0.4, 0.5) is 0 Å². The first kappa shape index (κ1) is 19.7. The van der Waals surface area contributed by atoms with Crippen LogP contribution in [0.15, 0.2) is 85.2 Å². The number of aromatic nitrogens is 4. The minimum absolute atomic E-state index is 0.640. The first-order chi connectivity index (χ1) is 18.2. The molecule has 8 rings (SSSR count). The van der Waals surface area contributed by atoms with Gasteiger partial charge >= 0.3 is 0 Å². The van der Waals surface area contributed by atoms with Gasteiger partial charge in [-0.05, 0) is 72.8 Å². The highest BCUT2D eigenvalue weighted by Crippen LogP contribution is 2.40. The lowest BCUT2D eigenvalue weighted by molar-refractivity contribution is 1.16. The summed E-state index contributed by atoms with van der Waals surface area (Å²) in [6.45, 7) is 0. The van der Waals surface area contributed by atoms with Gasteiger partial charge in [0.2, 0.25) is 0 Å². The summed E-state index contributed by atoms with van der Waals surface area (Å²) >= 11 is 0. The molecule has 2 N–H and O–H groups in total. The quantitative estimate of drug-likeness (QED) is 0.264. The third kappa shape index (κ3) is 2.64. The molecule has 0 aliphatic rings. The van der Waals surface area contributed by atoms with Crippen molar-refractivity contribution in [1.29, 1.82) is 10.5 Å². The number of nitrogens with one attached hydrogen (secondary N) is 2. The smallest absolute Gasteiger partial charge is 0.0991 e. The van der Waals surface area contributed by atoms with Crippen molar-refractivity contribution in [3.05, 3.63) is 96.3 Å². The van der Waals surface area contributed by atoms with Crippen molar-refractivity contribution in [2.75, 3.05) is 0 Å². The second kappa shape index (κ2) is 6.97. The predicted octanol–water partition coefficient (Wildman–Crippen LogP) is 7.19. The molecule has 0 saturated carbocycles. The first-order valence-electron chi connectivity index (χ1n) is 11.9. The molecule has 0 spiro atoms. The van der Waals surface area contributed by atoms with Gasteiger partial charge in [-0.2, -0.15) is 10.5 Å². The highest BCUT2D eigenvalue weighted by atomic mass is 15.0. The average Bonchev–Trinajstić information content (AvgIpc) is 3.58. The molecule has 37 heavy (non-hydrogen) atoms. The highest BCUT2D eigenvalue weighted by Gasteiger charge is 2.18. The fourth-order valence-corrected chi connectivity index (χ4v) is 5.71. The Hall–Kier alpha value is -5.59. The van der Waals surface area contributed by atoms with Gasteiger partial charge in [0.05, 0.1) is 34.3 Å². The Balaban J connectivity index is 1.56. The molecule has 4 aromatic carbocycles. The summed E-state index contributed by atoms with van der Waals surface area (Å²) in [5.74, 6) is 0. The number of H-pyrrole nitrogens is 2. The summed E-state index contributed by atoms with van der Waals surface area (Å²) in [5, 5.41) is 25.4. The standard InChI is InChI=1S/C31H16N6/c32-15-17-1-3-26-20(9-17)22-13-30-24(11-28(22)35-26)25-12-29-23(21-10-18(16-33)2-4-27(21)36-29)14-31(25)37(30)19-5-7-34-8-6-19/h1-14,35-36H. The molecule has 0 saturated heterocycles. The zero-order chi connectivity index (χ0) is 24.7. The first-order valence-corrected chi connectivity index (χ1v) is 11.9. The molecule has 0 atom stereocenters. The van der Waals surface area contributed by atoms with Gasteiger partial charge in [-0.1, -0.05) is 0 Å². The molecule has 8 aromatic rings. The van der Waals surface area contributed by atoms with E-state index in [1.54, 1.807) is 12.4 Å². The molecule has 6 heteroatoms. The van der Waals surface area contributed by atoms with Gasteiger partial charge in [0, 0.05) is 72.5 Å². The normalized spacial score (nSPS) is 11.7. The van der Waals surface area contributed by atoms with Crippen molar-refractivity contribution in [3.63, 3.8) is 0 Å². The predicted molar refractivity (Wildman–Crippen MR) is 147 cm³/mol. The van der Waals surface area contributed by atoms with Crippen LogP contribution in [-0.2, 0) is 0 Å². The van der Waals surface area contributed by atoms with Crippen LogP contribution in [0, 0.1) is 22.7 Å². The number of nitrogens with zero attached hydrogens (tertiary/aromatic N) is 4. The van der Waals surface area contributed by atoms with Gasteiger partial charge in [-0.15, -0.1) is 0 Å². The molecule has 4 aromatic heterocycles. The maximum atomic E-state index is 9.46. The van der Waals surface area contributed by atoms with Crippen LogP contribution in [0.1, 0.15) is 11.1 Å². The van der Waals surface area contributed by atoms with E-state index in [-0.39, 0.29) is 0 Å². The van der Waals surface area contributed by atoms with Crippen LogP contribution in [0.3, 0.4) is 0 Å². The molecular formula is C31H16N6. The van der Waals surface area contributed by atoms with Gasteiger partial charge < -0.3 is 14.5 Å². The molecule has 170 valence electrons. The van der Waals surface area contributed by atoms with Crippen molar-refractivity contribution >= 4 is 65.4 Å². The van der Waals surface area contributed by atoms with E-state index < -0.39 is 0 Å². The van der Waals surface area contributed by atoms with E-state index in [0.717, 1.165) is 71.1 Å². The molecule has 0 fully saturated rings. The SMILES string of the molecule is N#Cc1ccc2[nH]c3cc4c5cc6[nH]c7ccc(C#N)cc7c6cc5n(-c5ccncc5)c4cc3c2c1. The largest absolute Gasteiger partial charge is 0.354 e. The topological polar surface area (TPSA) is 97.0 Å². The summed E-state index contributed by atoms with van der Waals surface area (Å²) in [6, 6.07) is 28.9. The van der Waals surface area contributed by atoms with Crippen LogP contribution < -0.4 is 0 Å². The lowest BCUT2D eigenvalue weighted by atomic mass is 10.1. The Morgan fingerprint density at radius 2 is 1.03 bits per heavy atom. The van der Waals surface area contributed by atoms with Crippen LogP contribution >= 0.6 is 0 Å². The Kier molecular flexibility index (Phi) is 3.71. The fourth-order valence-electron chi connectivity index (χ4n) is 5.71. The minimum atomic E-state index is 0.640. The molecular weight excluding hydrogens is 456 g/mol. The second-order valence-corrected chi connectivity index (χ2v) is 9.37. The van der Waals surface area contributed by atoms with Gasteiger partial charge in [-0.3, -0.25) is 4.98 Å². The van der Waals surface area contributed by atoms with Crippen molar-refractivity contribution in [2.24, 2.45) is 0 Å². The van der Waals surface area contributed by atoms with E-state index in [0.29, 0.717) is 11.1 Å². The Bertz CT molecular complexity index is 2170. The van der Waals surface area contributed by atoms with Crippen molar-refractivity contribution in [2.45, 2.75) is 0 Å². The number of pyridine rings is 1. The van der Waals surface area contributed by atoms with Crippen LogP contribution in [0.2, 0.25) is 0 Å². The number of hydrogen-bond donors (Lipinski definition) is 2. The second-order valence-electron chi connectivity index (χ2n) is 9.37. The van der Waals surface area contributed by atoms with Gasteiger partial charge in [-0.25, -0.2) is 0 Å². The summed E-state index contributed by atoms with van der Waals surface area (Å²) in [6.07, 6.45) is 3.61. The zero-order valence-corrected chi connectivity index (χ0v) is 19.4. The number of hydrogen-bond acceptors (Lipinski definition) is 3. The average molecular weight is 473 g/mol. The summed E-state index contributed by atoms with van der Waals surface area (Å²) < 4.78 is 2.27. The molecule has 6 nitrogen and oxygen atoms in total. The van der Waals surface area contributed by atoms with Crippen molar-refractivity contribution < 1.29 is 0 Å². The molecule has 0 unspecified atom stereocenters. The highest BCUT2D eigenvalue weighted by molar-refractivity contribution is 6.21. The number of nitriles is 2.